The second-order valence-corrected chi connectivity index (χ2v) is 7.89. The summed E-state index contributed by atoms with van der Waals surface area (Å²) in [6.07, 6.45) is 17.0. The van der Waals surface area contributed by atoms with Gasteiger partial charge in [-0.3, -0.25) is 4.79 Å². The van der Waals surface area contributed by atoms with Crippen molar-refractivity contribution in [3.63, 3.8) is 0 Å². The molecule has 30 heavy (non-hydrogen) atoms. The molecule has 1 saturated carbocycles. The summed E-state index contributed by atoms with van der Waals surface area (Å²) < 4.78 is 0. The Labute approximate surface area is 179 Å². The summed E-state index contributed by atoms with van der Waals surface area (Å²) >= 11 is 0. The highest BCUT2D eigenvalue weighted by Crippen LogP contribution is 2.33. The van der Waals surface area contributed by atoms with Gasteiger partial charge in [0.1, 0.15) is 0 Å². The first-order valence-electron chi connectivity index (χ1n) is 10.8. The van der Waals surface area contributed by atoms with E-state index in [1.807, 2.05) is 19.1 Å². The monoisotopic (exact) mass is 410 g/mol. The Kier molecular flexibility index (Phi) is 9.68. The summed E-state index contributed by atoms with van der Waals surface area (Å²) in [7, 11) is 0. The summed E-state index contributed by atoms with van der Waals surface area (Å²) in [4.78, 5) is 21.2. The van der Waals surface area contributed by atoms with Gasteiger partial charge in [-0.25, -0.2) is 9.97 Å². The third kappa shape index (κ3) is 7.06. The zero-order valence-electron chi connectivity index (χ0n) is 18.2. The van der Waals surface area contributed by atoms with Crippen LogP contribution in [0.5, 0.6) is 0 Å². The van der Waals surface area contributed by atoms with Crippen LogP contribution in [-0.4, -0.2) is 32.8 Å². The fourth-order valence-electron chi connectivity index (χ4n) is 3.91. The second-order valence-electron chi connectivity index (χ2n) is 7.89. The van der Waals surface area contributed by atoms with E-state index in [1.54, 1.807) is 6.08 Å². The lowest BCUT2D eigenvalue weighted by Crippen LogP contribution is -2.35. The molecule has 1 aromatic rings. The van der Waals surface area contributed by atoms with E-state index >= 15 is 0 Å². The number of hydrogen-bond donors (Lipinski definition) is 2. The molecule has 1 aliphatic rings. The number of aliphatic carboxylic acids is 1. The van der Waals surface area contributed by atoms with Crippen LogP contribution in [0.3, 0.4) is 0 Å². The van der Waals surface area contributed by atoms with Gasteiger partial charge in [0.15, 0.2) is 0 Å². The predicted octanol–water partition coefficient (Wildman–Crippen LogP) is 3.10. The fourth-order valence-corrected chi connectivity index (χ4v) is 3.91. The van der Waals surface area contributed by atoms with Crippen molar-refractivity contribution < 1.29 is 15.0 Å². The van der Waals surface area contributed by atoms with E-state index in [-0.39, 0.29) is 12.5 Å². The number of carboxylic acids is 1. The van der Waals surface area contributed by atoms with Gasteiger partial charge in [-0.1, -0.05) is 55.5 Å². The first-order valence-corrected chi connectivity index (χ1v) is 10.8. The molecule has 1 heterocycles. The third-order valence-corrected chi connectivity index (χ3v) is 5.42. The number of allylic oxidation sites excluding steroid dienone is 5. The van der Waals surface area contributed by atoms with Crippen molar-refractivity contribution in [3.8, 4) is 0 Å². The number of carboxylic acid groups (broad SMARTS) is 1. The Balaban J connectivity index is 2.39. The largest absolute Gasteiger partial charge is 0.481 e. The van der Waals surface area contributed by atoms with Crippen LogP contribution < -0.4 is 10.7 Å². The number of hydrogen-bond acceptors (Lipinski definition) is 4. The van der Waals surface area contributed by atoms with Crippen LogP contribution in [0.15, 0.2) is 36.5 Å². The first kappa shape index (κ1) is 23.7. The maximum Gasteiger partial charge on any atom is 0.306 e. The van der Waals surface area contributed by atoms with Crippen LogP contribution in [0.25, 0.3) is 12.2 Å². The van der Waals surface area contributed by atoms with Crippen LogP contribution in [0.1, 0.15) is 57.3 Å². The Morgan fingerprint density at radius 2 is 1.93 bits per heavy atom. The molecule has 5 heteroatoms. The lowest BCUT2D eigenvalue weighted by Gasteiger charge is -2.12. The van der Waals surface area contributed by atoms with Crippen LogP contribution in [-0.2, 0) is 17.6 Å². The smallest absolute Gasteiger partial charge is 0.306 e. The summed E-state index contributed by atoms with van der Waals surface area (Å²) in [5.41, 5.74) is 3.00. The molecule has 0 spiro atoms. The number of carbonyl (C=O) groups is 1. The number of nitrogens with zero attached hydrogens (tertiary/aromatic N) is 2. The number of aliphatic hydroxyl groups excluding tert-OH is 1. The normalized spacial score (nSPS) is 21.0. The van der Waals surface area contributed by atoms with Crippen molar-refractivity contribution in [2.75, 3.05) is 6.61 Å². The standard InChI is InChI=1S/C25H34N2O3/c1-4-8-18(3)10-6-11-23-24(17-19-13-14-20(16-19)25(29)30)27-22(12-7-15-28)21(26-23)9-5-2/h4,6,8-10,12,19-20,28H,1,5,7,11,13-17H2,2-3H3,(H,29,30)/b10-6-,18-8-,21-9+,22-12+. The molecule has 5 nitrogen and oxygen atoms in total. The van der Waals surface area contributed by atoms with Gasteiger partial charge in [-0.05, 0) is 51.4 Å². The quantitative estimate of drug-likeness (QED) is 0.579. The Bertz CT molecular complexity index is 915. The van der Waals surface area contributed by atoms with Gasteiger partial charge in [0.05, 0.1) is 28.0 Å². The van der Waals surface area contributed by atoms with Crippen molar-refractivity contribution in [2.24, 2.45) is 11.8 Å². The van der Waals surface area contributed by atoms with E-state index in [2.05, 4.69) is 31.7 Å². The fraction of sp³-hybridized carbons (Fsp3) is 0.480. The van der Waals surface area contributed by atoms with Crippen molar-refractivity contribution >= 4 is 18.1 Å². The molecule has 2 atom stereocenters. The maximum absolute atomic E-state index is 11.3. The highest BCUT2D eigenvalue weighted by Gasteiger charge is 2.30. The Morgan fingerprint density at radius 3 is 2.57 bits per heavy atom. The highest BCUT2D eigenvalue weighted by molar-refractivity contribution is 5.70. The van der Waals surface area contributed by atoms with Crippen LogP contribution in [0.4, 0.5) is 0 Å². The lowest BCUT2D eigenvalue weighted by atomic mass is 9.97. The number of aromatic nitrogens is 2. The molecule has 0 radical (unpaired) electrons. The molecular weight excluding hydrogens is 376 g/mol. The molecule has 0 bridgehead atoms. The van der Waals surface area contributed by atoms with E-state index in [4.69, 9.17) is 9.97 Å². The van der Waals surface area contributed by atoms with Gasteiger partial charge in [0, 0.05) is 13.0 Å². The Morgan fingerprint density at radius 1 is 1.20 bits per heavy atom. The number of rotatable bonds is 10. The van der Waals surface area contributed by atoms with Gasteiger partial charge in [0.25, 0.3) is 0 Å². The van der Waals surface area contributed by atoms with E-state index in [9.17, 15) is 15.0 Å². The second kappa shape index (κ2) is 12.2. The molecule has 0 saturated heterocycles. The summed E-state index contributed by atoms with van der Waals surface area (Å²) in [5, 5.41) is 20.2. The molecule has 162 valence electrons. The molecule has 0 aromatic carbocycles. The van der Waals surface area contributed by atoms with Crippen LogP contribution >= 0.6 is 0 Å². The van der Waals surface area contributed by atoms with Gasteiger partial charge in [-0.15, -0.1) is 0 Å². The molecule has 2 rings (SSSR count). The molecule has 0 aliphatic heterocycles. The average molecular weight is 411 g/mol. The van der Waals surface area contributed by atoms with Crippen LogP contribution in [0, 0.1) is 11.8 Å². The summed E-state index contributed by atoms with van der Waals surface area (Å²) in [6, 6.07) is 0. The van der Waals surface area contributed by atoms with Gasteiger partial charge < -0.3 is 10.2 Å². The minimum absolute atomic E-state index is 0.0743. The molecule has 1 fully saturated rings. The van der Waals surface area contributed by atoms with Crippen molar-refractivity contribution in [2.45, 2.75) is 58.8 Å². The SMILES string of the molecule is C=C/C=C(C)\C=C/Cc1nc(=C/CC)/c(=C\CCO)nc1CC1CCC(C(=O)O)C1. The summed E-state index contributed by atoms with van der Waals surface area (Å²) in [6.45, 7) is 7.89. The molecule has 1 aromatic heterocycles. The minimum Gasteiger partial charge on any atom is -0.481 e. The molecule has 1 aliphatic carbocycles. The topological polar surface area (TPSA) is 83.3 Å². The molecule has 0 amide bonds. The van der Waals surface area contributed by atoms with Gasteiger partial charge >= 0.3 is 5.97 Å². The van der Waals surface area contributed by atoms with Crippen LogP contribution in [0.2, 0.25) is 0 Å². The summed E-state index contributed by atoms with van der Waals surface area (Å²) in [5.74, 6) is -0.621. The van der Waals surface area contributed by atoms with E-state index in [1.165, 1.54) is 0 Å². The zero-order chi connectivity index (χ0) is 21.9. The Hall–Kier alpha value is -2.53. The molecule has 2 N–H and O–H groups in total. The minimum atomic E-state index is -0.693. The van der Waals surface area contributed by atoms with Crippen molar-refractivity contribution in [1.29, 1.82) is 0 Å². The lowest BCUT2D eigenvalue weighted by molar-refractivity contribution is -0.141. The van der Waals surface area contributed by atoms with Gasteiger partial charge in [-0.2, -0.15) is 0 Å². The van der Waals surface area contributed by atoms with E-state index in [0.717, 1.165) is 53.3 Å². The maximum atomic E-state index is 11.3. The highest BCUT2D eigenvalue weighted by atomic mass is 16.4. The molecular formula is C25H34N2O3. The van der Waals surface area contributed by atoms with E-state index in [0.29, 0.717) is 25.2 Å². The predicted molar refractivity (Wildman–Crippen MR) is 121 cm³/mol. The third-order valence-electron chi connectivity index (χ3n) is 5.42. The van der Waals surface area contributed by atoms with E-state index < -0.39 is 5.97 Å². The number of aliphatic hydroxyl groups is 1. The molecule has 2 unspecified atom stereocenters. The average Bonchev–Trinajstić information content (AvgIpc) is 3.18. The first-order chi connectivity index (χ1) is 14.5. The van der Waals surface area contributed by atoms with Gasteiger partial charge in [0.2, 0.25) is 0 Å². The van der Waals surface area contributed by atoms with Crippen molar-refractivity contribution in [1.82, 2.24) is 9.97 Å². The zero-order valence-corrected chi connectivity index (χ0v) is 18.2. The van der Waals surface area contributed by atoms with Crippen molar-refractivity contribution in [3.05, 3.63) is 58.5 Å².